The first-order valence-electron chi connectivity index (χ1n) is 19.5. The number of unbranched alkanes of at least 4 members (excludes halogenated alkanes) is 1. The molecule has 55 heavy (non-hydrogen) atoms. The fourth-order valence-corrected chi connectivity index (χ4v) is 7.18. The van der Waals surface area contributed by atoms with E-state index >= 15 is 0 Å². The van der Waals surface area contributed by atoms with Gasteiger partial charge in [0.2, 0.25) is 5.91 Å². The van der Waals surface area contributed by atoms with Crippen molar-refractivity contribution in [2.24, 2.45) is 0 Å². The summed E-state index contributed by atoms with van der Waals surface area (Å²) in [5.41, 5.74) is 1.97. The van der Waals surface area contributed by atoms with Crippen molar-refractivity contribution in [1.82, 2.24) is 20.1 Å². The number of carbonyl (C=O) groups is 3. The van der Waals surface area contributed by atoms with Crippen molar-refractivity contribution in [3.05, 3.63) is 138 Å². The maximum Gasteiger partial charge on any atom is 0.257 e. The van der Waals surface area contributed by atoms with Gasteiger partial charge in [0, 0.05) is 60.2 Å². The smallest absolute Gasteiger partial charge is 0.257 e. The minimum atomic E-state index is -1.12. The Morgan fingerprint density at radius 2 is 1.53 bits per heavy atom. The van der Waals surface area contributed by atoms with Crippen molar-refractivity contribution < 1.29 is 23.2 Å². The van der Waals surface area contributed by atoms with E-state index in [1.807, 2.05) is 43.0 Å². The highest BCUT2D eigenvalue weighted by molar-refractivity contribution is 6.21. The molecule has 0 spiro atoms. The lowest BCUT2D eigenvalue weighted by Gasteiger charge is -2.29. The van der Waals surface area contributed by atoms with Crippen LogP contribution in [0.15, 0.2) is 109 Å². The van der Waals surface area contributed by atoms with Gasteiger partial charge in [0.1, 0.15) is 0 Å². The number of allylic oxidation sites excluding steroid dienone is 10. The van der Waals surface area contributed by atoms with E-state index in [1.165, 1.54) is 17.2 Å². The number of para-hydroxylation sites is 1. The van der Waals surface area contributed by atoms with E-state index < -0.39 is 23.0 Å². The number of benzene rings is 2. The molecule has 2 aliphatic heterocycles. The number of aromatic nitrogens is 1. The number of fused-ring (bicyclic) bond motifs is 3. The maximum absolute atomic E-state index is 14.2. The van der Waals surface area contributed by atoms with Crippen LogP contribution >= 0.6 is 0 Å². The molecule has 3 heterocycles. The molecule has 1 aromatic heterocycles. The van der Waals surface area contributed by atoms with E-state index in [9.17, 15) is 23.2 Å². The highest BCUT2D eigenvalue weighted by Crippen LogP contribution is 2.40. The minimum Gasteiger partial charge on any atom is -0.354 e. The van der Waals surface area contributed by atoms with Crippen LogP contribution in [0, 0.1) is 11.6 Å². The average molecular weight is 749 g/mol. The summed E-state index contributed by atoms with van der Waals surface area (Å²) in [6.45, 7) is 7.28. The topological polar surface area (TPSA) is 85.5 Å². The molecule has 0 saturated carbocycles. The molecule has 1 saturated heterocycles. The van der Waals surface area contributed by atoms with Crippen LogP contribution in [-0.2, 0) is 15.0 Å². The molecule has 0 unspecified atom stereocenters. The Kier molecular flexibility index (Phi) is 14.7. The molecule has 2 N–H and O–H groups in total. The number of carbonyl (C=O) groups excluding carboxylic acids is 3. The predicted octanol–water partition coefficient (Wildman–Crippen LogP) is 9.86. The van der Waals surface area contributed by atoms with Crippen molar-refractivity contribution in [2.45, 2.75) is 90.0 Å². The molecular weight excluding hydrogens is 695 g/mol. The predicted molar refractivity (Wildman–Crippen MR) is 218 cm³/mol. The third kappa shape index (κ3) is 11.1. The van der Waals surface area contributed by atoms with Crippen molar-refractivity contribution >= 4 is 34.2 Å². The molecule has 2 aliphatic rings. The van der Waals surface area contributed by atoms with Crippen LogP contribution in [0.5, 0.6) is 0 Å². The van der Waals surface area contributed by atoms with E-state index in [4.69, 9.17) is 0 Å². The highest BCUT2D eigenvalue weighted by atomic mass is 19.2. The van der Waals surface area contributed by atoms with Crippen molar-refractivity contribution in [2.75, 3.05) is 19.6 Å². The van der Waals surface area contributed by atoms with E-state index in [0.717, 1.165) is 73.5 Å². The van der Waals surface area contributed by atoms with Gasteiger partial charge in [0.15, 0.2) is 11.6 Å². The van der Waals surface area contributed by atoms with Crippen LogP contribution in [0.4, 0.5) is 8.78 Å². The van der Waals surface area contributed by atoms with Crippen molar-refractivity contribution in [3.8, 4) is 0 Å². The van der Waals surface area contributed by atoms with E-state index in [-0.39, 0.29) is 35.5 Å². The number of nitrogens with zero attached hydrogens (tertiary/aromatic N) is 2. The molecule has 1 fully saturated rings. The normalized spacial score (nSPS) is 17.3. The fraction of sp³-hybridized carbons (Fsp3) is 0.370. The monoisotopic (exact) mass is 748 g/mol. The maximum atomic E-state index is 14.2. The number of H-pyrrole nitrogens is 1. The lowest BCUT2D eigenvalue weighted by atomic mass is 9.81. The molecule has 2 aromatic carbocycles. The summed E-state index contributed by atoms with van der Waals surface area (Å²) in [7, 11) is 0. The second-order valence-corrected chi connectivity index (χ2v) is 14.8. The quantitative estimate of drug-likeness (QED) is 0.113. The van der Waals surface area contributed by atoms with Crippen molar-refractivity contribution in [1.29, 1.82) is 0 Å². The molecular formula is C46H54F2N4O3. The molecule has 7 nitrogen and oxygen atoms in total. The number of nitrogens with one attached hydrogen (secondary N) is 2. The Morgan fingerprint density at radius 1 is 0.873 bits per heavy atom. The zero-order chi connectivity index (χ0) is 39.2. The molecule has 0 bridgehead atoms. The molecule has 1 atom stereocenters. The highest BCUT2D eigenvalue weighted by Gasteiger charge is 2.38. The summed E-state index contributed by atoms with van der Waals surface area (Å²) < 4.78 is 27.9. The minimum absolute atomic E-state index is 0.0209. The van der Waals surface area contributed by atoms with Crippen LogP contribution < -0.4 is 5.32 Å². The summed E-state index contributed by atoms with van der Waals surface area (Å²) in [4.78, 5) is 47.5. The summed E-state index contributed by atoms with van der Waals surface area (Å²) in [5, 5.41) is 4.06. The van der Waals surface area contributed by atoms with Gasteiger partial charge in [-0.15, -0.1) is 0 Å². The van der Waals surface area contributed by atoms with Gasteiger partial charge in [-0.05, 0) is 81.2 Å². The van der Waals surface area contributed by atoms with Gasteiger partial charge in [0.25, 0.3) is 11.8 Å². The third-order valence-electron chi connectivity index (χ3n) is 9.97. The summed E-state index contributed by atoms with van der Waals surface area (Å²) in [6.07, 6.45) is 30.6. The SMILES string of the molecule is CCC=CCC=CCC=CCC=CCC=CCCCC(=O)N1CC[C@@H](NC(=O)C2=CN(C(=O)c3ccc(F)c(F)c3)CC(C)(C)c3c2[nH]c2ccccc32)C1. The number of rotatable bonds is 16. The van der Waals surface area contributed by atoms with Crippen LogP contribution in [0.25, 0.3) is 16.5 Å². The molecule has 3 amide bonds. The average Bonchev–Trinajstić information content (AvgIpc) is 3.78. The van der Waals surface area contributed by atoms with E-state index in [0.29, 0.717) is 31.6 Å². The number of likely N-dealkylation sites (tertiary alicyclic amines) is 1. The largest absolute Gasteiger partial charge is 0.354 e. The second-order valence-electron chi connectivity index (χ2n) is 14.8. The molecule has 0 radical (unpaired) electrons. The van der Waals surface area contributed by atoms with Crippen LogP contribution in [0.1, 0.15) is 100 Å². The van der Waals surface area contributed by atoms with Gasteiger partial charge in [0.05, 0.1) is 11.3 Å². The van der Waals surface area contributed by atoms with Gasteiger partial charge in [-0.25, -0.2) is 8.78 Å². The third-order valence-corrected chi connectivity index (χ3v) is 9.97. The summed E-state index contributed by atoms with van der Waals surface area (Å²) in [6, 6.07) is 10.6. The fourth-order valence-electron chi connectivity index (χ4n) is 7.18. The lowest BCUT2D eigenvalue weighted by Crippen LogP contribution is -2.39. The first kappa shape index (κ1) is 40.9. The Labute approximate surface area is 324 Å². The van der Waals surface area contributed by atoms with Gasteiger partial charge in [-0.1, -0.05) is 99.7 Å². The number of hydrogen-bond acceptors (Lipinski definition) is 3. The Bertz CT molecular complexity index is 2000. The van der Waals surface area contributed by atoms with Gasteiger partial charge in [-0.3, -0.25) is 14.4 Å². The zero-order valence-electron chi connectivity index (χ0n) is 32.3. The number of aromatic amines is 1. The molecule has 290 valence electrons. The number of hydrogen-bond donors (Lipinski definition) is 2. The van der Waals surface area contributed by atoms with Gasteiger partial charge < -0.3 is 20.1 Å². The Morgan fingerprint density at radius 3 is 2.20 bits per heavy atom. The molecule has 5 rings (SSSR count). The van der Waals surface area contributed by atoms with Crippen LogP contribution in [-0.4, -0.2) is 58.2 Å². The Balaban J connectivity index is 1.13. The second kappa shape index (κ2) is 19.9. The Hall–Kier alpha value is -5.31. The zero-order valence-corrected chi connectivity index (χ0v) is 32.3. The molecule has 9 heteroatoms. The number of halogens is 2. The van der Waals surface area contributed by atoms with Gasteiger partial charge in [-0.2, -0.15) is 0 Å². The van der Waals surface area contributed by atoms with Crippen LogP contribution in [0.2, 0.25) is 0 Å². The van der Waals surface area contributed by atoms with Gasteiger partial charge >= 0.3 is 0 Å². The van der Waals surface area contributed by atoms with Crippen LogP contribution in [0.3, 0.4) is 0 Å². The first-order chi connectivity index (χ1) is 26.6. The standard InChI is InChI=1S/C46H54F2N4O3/c1-4-5-6-7-8-9-10-11-12-13-14-15-16-17-18-19-20-25-41(53)51-29-28-35(31-51)49-44(54)37-32-52(45(55)34-26-27-38(47)39(48)30-34)33-46(2,3)42-36-23-21-22-24-40(36)50-43(37)42/h5-6,8-9,11-12,14-15,17-18,21-24,26-27,30,32,35,50H,4,7,10,13,16,19-20,25,28-29,31,33H2,1-3H3,(H,49,54)/t35-/m1/s1. The summed E-state index contributed by atoms with van der Waals surface area (Å²) in [5.74, 6) is -3.02. The van der Waals surface area contributed by atoms with Crippen molar-refractivity contribution in [3.63, 3.8) is 0 Å². The number of amides is 3. The molecule has 3 aromatic rings. The summed E-state index contributed by atoms with van der Waals surface area (Å²) >= 11 is 0. The first-order valence-corrected chi connectivity index (χ1v) is 19.5. The van der Waals surface area contributed by atoms with E-state index in [2.05, 4.69) is 78.0 Å². The lowest BCUT2D eigenvalue weighted by molar-refractivity contribution is -0.130. The van der Waals surface area contributed by atoms with E-state index in [1.54, 1.807) is 0 Å². The molecule has 0 aliphatic carbocycles.